The zero-order chi connectivity index (χ0) is 9.97. The molecular weight excluding hydrogens is 170 g/mol. The van der Waals surface area contributed by atoms with Crippen LogP contribution in [0.5, 0.6) is 0 Å². The Morgan fingerprint density at radius 2 is 2.07 bits per heavy atom. The molecule has 1 aliphatic rings. The molecule has 0 bridgehead atoms. The van der Waals surface area contributed by atoms with Gasteiger partial charge in [-0.25, -0.2) is 4.57 Å². The molecule has 0 amide bonds. The first kappa shape index (κ1) is 9.70. The third kappa shape index (κ3) is 1.97. The SMILES string of the molecule is CC(c1ccc[n+](C)c1)C1CCCC1. The van der Waals surface area contributed by atoms with Gasteiger partial charge in [-0.3, -0.25) is 0 Å². The Balaban J connectivity index is 2.13. The molecule has 76 valence electrons. The first-order valence-corrected chi connectivity index (χ1v) is 5.72. The molecule has 1 aromatic rings. The van der Waals surface area contributed by atoms with Crippen molar-refractivity contribution in [2.75, 3.05) is 0 Å². The van der Waals surface area contributed by atoms with E-state index in [1.54, 1.807) is 0 Å². The van der Waals surface area contributed by atoms with Crippen molar-refractivity contribution >= 4 is 0 Å². The van der Waals surface area contributed by atoms with E-state index in [1.807, 2.05) is 0 Å². The first-order chi connectivity index (χ1) is 6.77. The Bertz CT molecular complexity index is 300. The van der Waals surface area contributed by atoms with Crippen LogP contribution >= 0.6 is 0 Å². The van der Waals surface area contributed by atoms with Crippen molar-refractivity contribution in [1.29, 1.82) is 0 Å². The fraction of sp³-hybridized carbons (Fsp3) is 0.615. The van der Waals surface area contributed by atoms with E-state index in [2.05, 4.69) is 43.1 Å². The van der Waals surface area contributed by atoms with E-state index in [1.165, 1.54) is 31.2 Å². The van der Waals surface area contributed by atoms with Crippen LogP contribution in [-0.2, 0) is 7.05 Å². The van der Waals surface area contributed by atoms with Gasteiger partial charge < -0.3 is 0 Å². The largest absolute Gasteiger partial charge is 0.208 e. The first-order valence-electron chi connectivity index (χ1n) is 5.72. The maximum absolute atomic E-state index is 2.38. The van der Waals surface area contributed by atoms with Gasteiger partial charge >= 0.3 is 0 Å². The van der Waals surface area contributed by atoms with E-state index in [4.69, 9.17) is 0 Å². The summed E-state index contributed by atoms with van der Waals surface area (Å²) in [6.45, 7) is 2.38. The molecular formula is C13H20N+. The lowest BCUT2D eigenvalue weighted by atomic mass is 9.87. The zero-order valence-corrected chi connectivity index (χ0v) is 9.24. The lowest BCUT2D eigenvalue weighted by Gasteiger charge is -2.17. The van der Waals surface area contributed by atoms with Gasteiger partial charge in [0.25, 0.3) is 0 Å². The molecule has 1 atom stereocenters. The number of nitrogens with zero attached hydrogens (tertiary/aromatic N) is 1. The summed E-state index contributed by atoms with van der Waals surface area (Å²) in [7, 11) is 2.10. The standard InChI is InChI=1S/C13H20N/c1-11(12-6-3-4-7-12)13-8-5-9-14(2)10-13/h5,8-12H,3-4,6-7H2,1-2H3/q+1. The van der Waals surface area contributed by atoms with Crippen LogP contribution in [0.3, 0.4) is 0 Å². The van der Waals surface area contributed by atoms with Crippen LogP contribution in [0.1, 0.15) is 44.1 Å². The average Bonchev–Trinajstić information content (AvgIpc) is 2.69. The van der Waals surface area contributed by atoms with Crippen LogP contribution in [-0.4, -0.2) is 0 Å². The lowest BCUT2D eigenvalue weighted by Crippen LogP contribution is -2.27. The molecule has 1 fully saturated rings. The summed E-state index contributed by atoms with van der Waals surface area (Å²) in [4.78, 5) is 0. The molecule has 0 radical (unpaired) electrons. The Morgan fingerprint density at radius 3 is 2.71 bits per heavy atom. The average molecular weight is 190 g/mol. The summed E-state index contributed by atoms with van der Waals surface area (Å²) < 4.78 is 2.15. The number of rotatable bonds is 2. The summed E-state index contributed by atoms with van der Waals surface area (Å²) in [5.41, 5.74) is 1.50. The molecule has 0 saturated heterocycles. The van der Waals surface area contributed by atoms with Gasteiger partial charge in [0.15, 0.2) is 12.4 Å². The summed E-state index contributed by atoms with van der Waals surface area (Å²) in [5.74, 6) is 1.67. The van der Waals surface area contributed by atoms with Crippen LogP contribution in [0, 0.1) is 5.92 Å². The van der Waals surface area contributed by atoms with Gasteiger partial charge in [0.2, 0.25) is 0 Å². The van der Waals surface area contributed by atoms with Crippen LogP contribution < -0.4 is 4.57 Å². The normalized spacial score (nSPS) is 19.9. The molecule has 0 spiro atoms. The van der Waals surface area contributed by atoms with Gasteiger partial charge in [0, 0.05) is 11.6 Å². The van der Waals surface area contributed by atoms with Gasteiger partial charge in [-0.1, -0.05) is 19.8 Å². The van der Waals surface area contributed by atoms with Crippen LogP contribution in [0.4, 0.5) is 0 Å². The monoisotopic (exact) mass is 190 g/mol. The number of hydrogen-bond donors (Lipinski definition) is 0. The molecule has 1 saturated carbocycles. The second kappa shape index (κ2) is 4.12. The van der Waals surface area contributed by atoms with E-state index in [-0.39, 0.29) is 0 Å². The van der Waals surface area contributed by atoms with E-state index < -0.39 is 0 Å². The summed E-state index contributed by atoms with van der Waals surface area (Å²) in [6.07, 6.45) is 10.1. The quantitative estimate of drug-likeness (QED) is 0.631. The molecule has 0 aromatic carbocycles. The zero-order valence-electron chi connectivity index (χ0n) is 9.24. The molecule has 1 aliphatic carbocycles. The number of aryl methyl sites for hydroxylation is 1. The van der Waals surface area contributed by atoms with Gasteiger partial charge in [-0.05, 0) is 30.7 Å². The topological polar surface area (TPSA) is 3.88 Å². The van der Waals surface area contributed by atoms with Crippen LogP contribution in [0.2, 0.25) is 0 Å². The van der Waals surface area contributed by atoms with Crippen molar-refractivity contribution in [3.63, 3.8) is 0 Å². The highest BCUT2D eigenvalue weighted by molar-refractivity contribution is 5.12. The molecule has 1 heterocycles. The summed E-state index contributed by atoms with van der Waals surface area (Å²) in [6, 6.07) is 4.42. The maximum Gasteiger partial charge on any atom is 0.171 e. The van der Waals surface area contributed by atoms with E-state index >= 15 is 0 Å². The molecule has 1 nitrogen and oxygen atoms in total. The number of hydrogen-bond acceptors (Lipinski definition) is 0. The summed E-state index contributed by atoms with van der Waals surface area (Å²) in [5, 5.41) is 0. The smallest absolute Gasteiger partial charge is 0.171 e. The summed E-state index contributed by atoms with van der Waals surface area (Å²) >= 11 is 0. The predicted molar refractivity (Wildman–Crippen MR) is 58.0 cm³/mol. The number of pyridine rings is 1. The minimum atomic E-state index is 0.741. The number of aromatic nitrogens is 1. The fourth-order valence-electron chi connectivity index (χ4n) is 2.61. The van der Waals surface area contributed by atoms with Crippen LogP contribution in [0.15, 0.2) is 24.5 Å². The third-order valence-electron chi connectivity index (χ3n) is 3.60. The van der Waals surface area contributed by atoms with Crippen molar-refractivity contribution in [3.8, 4) is 0 Å². The molecule has 1 unspecified atom stereocenters. The van der Waals surface area contributed by atoms with Crippen molar-refractivity contribution in [2.24, 2.45) is 13.0 Å². The Morgan fingerprint density at radius 1 is 1.36 bits per heavy atom. The molecule has 0 aliphatic heterocycles. The third-order valence-corrected chi connectivity index (χ3v) is 3.60. The Hall–Kier alpha value is -0.850. The lowest BCUT2D eigenvalue weighted by molar-refractivity contribution is -0.672. The highest BCUT2D eigenvalue weighted by atomic mass is 14.9. The predicted octanol–water partition coefficient (Wildman–Crippen LogP) is 2.80. The Kier molecular flexibility index (Phi) is 2.85. The van der Waals surface area contributed by atoms with Gasteiger partial charge in [-0.2, -0.15) is 0 Å². The van der Waals surface area contributed by atoms with Crippen molar-refractivity contribution < 1.29 is 4.57 Å². The van der Waals surface area contributed by atoms with Crippen LogP contribution in [0.25, 0.3) is 0 Å². The molecule has 1 aromatic heterocycles. The van der Waals surface area contributed by atoms with Crippen molar-refractivity contribution in [2.45, 2.75) is 38.5 Å². The highest BCUT2D eigenvalue weighted by Gasteiger charge is 2.23. The van der Waals surface area contributed by atoms with Crippen molar-refractivity contribution in [3.05, 3.63) is 30.1 Å². The second-order valence-corrected chi connectivity index (χ2v) is 4.64. The molecule has 14 heavy (non-hydrogen) atoms. The molecule has 1 heteroatoms. The maximum atomic E-state index is 2.38. The second-order valence-electron chi connectivity index (χ2n) is 4.64. The van der Waals surface area contributed by atoms with Gasteiger partial charge in [-0.15, -0.1) is 0 Å². The molecule has 0 N–H and O–H groups in total. The van der Waals surface area contributed by atoms with Gasteiger partial charge in [0.1, 0.15) is 7.05 Å². The minimum Gasteiger partial charge on any atom is -0.208 e. The highest BCUT2D eigenvalue weighted by Crippen LogP contribution is 2.36. The van der Waals surface area contributed by atoms with E-state index in [9.17, 15) is 0 Å². The Labute approximate surface area is 86.8 Å². The van der Waals surface area contributed by atoms with E-state index in [0.717, 1.165) is 11.8 Å². The van der Waals surface area contributed by atoms with E-state index in [0.29, 0.717) is 0 Å². The molecule has 2 rings (SSSR count). The fourth-order valence-corrected chi connectivity index (χ4v) is 2.61. The minimum absolute atomic E-state index is 0.741. The van der Waals surface area contributed by atoms with Gasteiger partial charge in [0.05, 0.1) is 0 Å². The van der Waals surface area contributed by atoms with Crippen molar-refractivity contribution in [1.82, 2.24) is 0 Å².